The summed E-state index contributed by atoms with van der Waals surface area (Å²) in [7, 11) is 1.34. The molecule has 0 spiro atoms. The molecule has 0 aliphatic carbocycles. The number of ether oxygens (including phenoxy) is 1. The SMILES string of the molecule is CCN1C(=O)C(CC(=O)O)S/C1=N\N=C\c1c(O)c(Br)c2oc(C)cc(=O)c2c1OC. The van der Waals surface area contributed by atoms with E-state index in [4.69, 9.17) is 14.3 Å². The molecule has 12 heteroatoms. The fourth-order valence-corrected chi connectivity index (χ4v) is 4.72. The predicted octanol–water partition coefficient (Wildman–Crippen LogP) is 2.71. The van der Waals surface area contributed by atoms with Crippen LogP contribution in [-0.2, 0) is 9.59 Å². The molecule has 3 rings (SSSR count). The molecule has 1 saturated heterocycles. The zero-order valence-corrected chi connectivity index (χ0v) is 19.1. The average molecular weight is 512 g/mol. The molecule has 0 radical (unpaired) electrons. The molecule has 1 aromatic carbocycles. The van der Waals surface area contributed by atoms with Crippen LogP contribution in [0.3, 0.4) is 0 Å². The van der Waals surface area contributed by atoms with Crippen LogP contribution in [0.5, 0.6) is 11.5 Å². The van der Waals surface area contributed by atoms with Crippen molar-refractivity contribution >= 4 is 61.9 Å². The average Bonchev–Trinajstić information content (AvgIpc) is 2.99. The number of carbonyl (C=O) groups is 2. The highest BCUT2D eigenvalue weighted by Gasteiger charge is 2.38. The van der Waals surface area contributed by atoms with Crippen molar-refractivity contribution < 1.29 is 29.0 Å². The van der Waals surface area contributed by atoms with Gasteiger partial charge in [-0.15, -0.1) is 5.10 Å². The second kappa shape index (κ2) is 9.10. The number of amides is 1. The van der Waals surface area contributed by atoms with Gasteiger partial charge in [-0.2, -0.15) is 5.10 Å². The van der Waals surface area contributed by atoms with Gasteiger partial charge in [0.1, 0.15) is 32.4 Å². The lowest BCUT2D eigenvalue weighted by atomic mass is 10.1. The topological polar surface area (TPSA) is 142 Å². The van der Waals surface area contributed by atoms with Crippen LogP contribution in [0, 0.1) is 6.92 Å². The first-order valence-corrected chi connectivity index (χ1v) is 10.7. The van der Waals surface area contributed by atoms with E-state index in [0.29, 0.717) is 12.3 Å². The number of hydrogen-bond donors (Lipinski definition) is 2. The lowest BCUT2D eigenvalue weighted by molar-refractivity contribution is -0.139. The van der Waals surface area contributed by atoms with Gasteiger partial charge in [-0.3, -0.25) is 19.3 Å². The van der Waals surface area contributed by atoms with Crippen LogP contribution in [0.4, 0.5) is 0 Å². The summed E-state index contributed by atoms with van der Waals surface area (Å²) in [5.74, 6) is -1.29. The lowest BCUT2D eigenvalue weighted by Gasteiger charge is -2.13. The van der Waals surface area contributed by atoms with Crippen molar-refractivity contribution in [1.82, 2.24) is 4.90 Å². The van der Waals surface area contributed by atoms with E-state index >= 15 is 0 Å². The molecule has 0 saturated carbocycles. The van der Waals surface area contributed by atoms with Crippen molar-refractivity contribution in [2.45, 2.75) is 25.5 Å². The van der Waals surface area contributed by atoms with Gasteiger partial charge in [0.25, 0.3) is 0 Å². The Morgan fingerprint density at radius 1 is 1.45 bits per heavy atom. The number of benzene rings is 1. The number of aryl methyl sites for hydroxylation is 1. The normalized spacial score (nSPS) is 17.9. The standard InChI is InChI=1S/C19H18BrN3O7S/c1-4-23-18(28)11(6-12(25)26)31-19(23)22-21-7-9-15(27)14(20)17-13(16(9)29-3)10(24)5-8(2)30-17/h5,7,11,27H,4,6H2,1-3H3,(H,25,26)/b21-7+,22-19-. The summed E-state index contributed by atoms with van der Waals surface area (Å²) in [6, 6.07) is 1.30. The van der Waals surface area contributed by atoms with E-state index in [2.05, 4.69) is 26.1 Å². The van der Waals surface area contributed by atoms with Crippen molar-refractivity contribution in [3.63, 3.8) is 0 Å². The van der Waals surface area contributed by atoms with Crippen LogP contribution >= 0.6 is 27.7 Å². The van der Waals surface area contributed by atoms with Crippen molar-refractivity contribution in [3.05, 3.63) is 32.1 Å². The third kappa shape index (κ3) is 4.30. The molecule has 2 N–H and O–H groups in total. The highest BCUT2D eigenvalue weighted by Crippen LogP contribution is 2.41. The number of halogens is 1. The number of amidine groups is 1. The summed E-state index contributed by atoms with van der Waals surface area (Å²) in [6.45, 7) is 3.64. The Kier molecular flexibility index (Phi) is 6.70. The Labute approximate surface area is 188 Å². The van der Waals surface area contributed by atoms with E-state index in [1.54, 1.807) is 13.8 Å². The molecule has 164 valence electrons. The minimum Gasteiger partial charge on any atom is -0.506 e. The highest BCUT2D eigenvalue weighted by atomic mass is 79.9. The fraction of sp³-hybridized carbons (Fsp3) is 0.316. The summed E-state index contributed by atoms with van der Waals surface area (Å²) in [4.78, 5) is 37.1. The smallest absolute Gasteiger partial charge is 0.305 e. The van der Waals surface area contributed by atoms with Gasteiger partial charge in [-0.25, -0.2) is 0 Å². The van der Waals surface area contributed by atoms with Crippen LogP contribution in [0.25, 0.3) is 11.0 Å². The van der Waals surface area contributed by atoms with Crippen molar-refractivity contribution in [2.75, 3.05) is 13.7 Å². The molecule has 1 fully saturated rings. The van der Waals surface area contributed by atoms with Crippen LogP contribution < -0.4 is 10.2 Å². The van der Waals surface area contributed by atoms with E-state index in [-0.39, 0.29) is 55.4 Å². The molecule has 2 aromatic rings. The molecular weight excluding hydrogens is 494 g/mol. The van der Waals surface area contributed by atoms with Gasteiger partial charge in [-0.1, -0.05) is 11.8 Å². The molecule has 2 heterocycles. The summed E-state index contributed by atoms with van der Waals surface area (Å²) in [6.07, 6.45) is 0.859. The van der Waals surface area contributed by atoms with Crippen LogP contribution in [0.15, 0.2) is 30.0 Å². The highest BCUT2D eigenvalue weighted by molar-refractivity contribution is 9.10. The molecular formula is C19H18BrN3O7S. The number of carboxylic acid groups (broad SMARTS) is 1. The first-order chi connectivity index (χ1) is 14.7. The van der Waals surface area contributed by atoms with E-state index in [9.17, 15) is 19.5 Å². The van der Waals surface area contributed by atoms with Crippen LogP contribution in [0.2, 0.25) is 0 Å². The maximum atomic E-state index is 12.5. The number of fused-ring (bicyclic) bond motifs is 1. The Morgan fingerprint density at radius 2 is 2.16 bits per heavy atom. The van der Waals surface area contributed by atoms with Crippen LogP contribution in [-0.4, -0.2) is 57.3 Å². The van der Waals surface area contributed by atoms with Gasteiger partial charge in [-0.05, 0) is 29.8 Å². The maximum Gasteiger partial charge on any atom is 0.305 e. The molecule has 1 atom stereocenters. The first kappa shape index (κ1) is 22.8. The van der Waals surface area contributed by atoms with Gasteiger partial charge >= 0.3 is 5.97 Å². The number of hydrogen-bond acceptors (Lipinski definition) is 9. The van der Waals surface area contributed by atoms with Crippen molar-refractivity contribution in [2.24, 2.45) is 10.2 Å². The molecule has 31 heavy (non-hydrogen) atoms. The minimum absolute atomic E-state index is 0.0552. The van der Waals surface area contributed by atoms with E-state index in [0.717, 1.165) is 11.8 Å². The molecule has 10 nitrogen and oxygen atoms in total. The van der Waals surface area contributed by atoms with E-state index in [1.165, 1.54) is 24.3 Å². The number of methoxy groups -OCH3 is 1. The number of aliphatic carboxylic acids is 1. The summed E-state index contributed by atoms with van der Waals surface area (Å²) < 4.78 is 11.1. The number of phenols is 1. The molecule has 1 amide bonds. The first-order valence-electron chi connectivity index (χ1n) is 9.03. The second-order valence-corrected chi connectivity index (χ2v) is 8.41. The summed E-state index contributed by atoms with van der Waals surface area (Å²) in [5.41, 5.74) is -0.141. The number of carboxylic acids is 1. The Balaban J connectivity index is 2.05. The third-order valence-corrected chi connectivity index (χ3v) is 6.34. The Bertz CT molecular complexity index is 1190. The maximum absolute atomic E-state index is 12.5. The van der Waals surface area contributed by atoms with Crippen molar-refractivity contribution in [1.29, 1.82) is 0 Å². The second-order valence-electron chi connectivity index (χ2n) is 6.45. The number of carbonyl (C=O) groups excluding carboxylic acids is 1. The van der Waals surface area contributed by atoms with Gasteiger partial charge in [0.2, 0.25) is 5.91 Å². The third-order valence-electron chi connectivity index (χ3n) is 4.44. The van der Waals surface area contributed by atoms with E-state index < -0.39 is 11.2 Å². The number of nitrogens with zero attached hydrogens (tertiary/aromatic N) is 3. The zero-order valence-electron chi connectivity index (χ0n) is 16.7. The van der Waals surface area contributed by atoms with Gasteiger partial charge in [0.15, 0.2) is 16.2 Å². The lowest BCUT2D eigenvalue weighted by Crippen LogP contribution is -2.32. The minimum atomic E-state index is -1.09. The van der Waals surface area contributed by atoms with Crippen LogP contribution in [0.1, 0.15) is 24.7 Å². The monoisotopic (exact) mass is 511 g/mol. The van der Waals surface area contributed by atoms with Gasteiger partial charge in [0.05, 0.1) is 25.3 Å². The zero-order chi connectivity index (χ0) is 22.9. The Hall–Kier alpha value is -2.86. The number of thioether (sulfide) groups is 1. The van der Waals surface area contributed by atoms with Crippen molar-refractivity contribution in [3.8, 4) is 11.5 Å². The summed E-state index contributed by atoms with van der Waals surface area (Å²) >= 11 is 4.24. The molecule has 1 aliphatic rings. The summed E-state index contributed by atoms with van der Waals surface area (Å²) in [5, 5.41) is 27.1. The Morgan fingerprint density at radius 3 is 2.77 bits per heavy atom. The number of phenolic OH excluding ortho intramolecular Hbond substituents is 1. The fourth-order valence-electron chi connectivity index (χ4n) is 3.08. The van der Waals surface area contributed by atoms with Gasteiger partial charge in [0, 0.05) is 12.6 Å². The largest absolute Gasteiger partial charge is 0.506 e. The molecule has 1 aromatic heterocycles. The molecule has 0 bridgehead atoms. The molecule has 1 unspecified atom stereocenters. The quantitative estimate of drug-likeness (QED) is 0.445. The number of aromatic hydroxyl groups is 1. The van der Waals surface area contributed by atoms with E-state index in [1.807, 2.05) is 0 Å². The number of rotatable bonds is 6. The van der Waals surface area contributed by atoms with Gasteiger partial charge < -0.3 is 19.4 Å². The molecule has 1 aliphatic heterocycles. The predicted molar refractivity (Wildman–Crippen MR) is 119 cm³/mol.